The van der Waals surface area contributed by atoms with Crippen molar-refractivity contribution < 1.29 is 14.6 Å². The number of aromatic carboxylic acids is 1. The molecule has 0 aliphatic heterocycles. The average Bonchev–Trinajstić information content (AvgIpc) is 2.81. The van der Waals surface area contributed by atoms with Crippen molar-refractivity contribution in [3.05, 3.63) is 23.8 Å². The number of carboxylic acids is 1. The molecule has 4 heteroatoms. The van der Waals surface area contributed by atoms with Gasteiger partial charge in [0, 0.05) is 5.25 Å². The Morgan fingerprint density at radius 3 is 2.71 bits per heavy atom. The van der Waals surface area contributed by atoms with Crippen LogP contribution in [0, 0.1) is 0 Å². The molecule has 2 rings (SSSR count). The quantitative estimate of drug-likeness (QED) is 0.891. The zero-order valence-electron chi connectivity index (χ0n) is 9.81. The van der Waals surface area contributed by atoms with E-state index in [0.717, 1.165) is 10.6 Å². The Labute approximate surface area is 105 Å². The molecular weight excluding hydrogens is 236 g/mol. The predicted octanol–water partition coefficient (Wildman–Crippen LogP) is 3.43. The van der Waals surface area contributed by atoms with Crippen molar-refractivity contribution in [1.29, 1.82) is 0 Å². The number of rotatable bonds is 4. The number of hydrogen-bond donors (Lipinski definition) is 1. The monoisotopic (exact) mass is 252 g/mol. The van der Waals surface area contributed by atoms with Crippen LogP contribution in [0.1, 0.15) is 36.0 Å². The molecule has 0 atom stereocenters. The second-order valence-corrected chi connectivity index (χ2v) is 5.54. The van der Waals surface area contributed by atoms with Gasteiger partial charge in [-0.15, -0.1) is 11.8 Å². The van der Waals surface area contributed by atoms with Crippen molar-refractivity contribution in [2.75, 3.05) is 7.11 Å². The van der Waals surface area contributed by atoms with Gasteiger partial charge in [0.15, 0.2) is 0 Å². The van der Waals surface area contributed by atoms with E-state index in [4.69, 9.17) is 9.84 Å². The normalized spacial score (nSPS) is 16.1. The molecule has 1 N–H and O–H groups in total. The van der Waals surface area contributed by atoms with E-state index in [2.05, 4.69) is 0 Å². The molecule has 0 heterocycles. The van der Waals surface area contributed by atoms with E-state index >= 15 is 0 Å². The summed E-state index contributed by atoms with van der Waals surface area (Å²) < 4.78 is 5.28. The lowest BCUT2D eigenvalue weighted by Crippen LogP contribution is -2.00. The van der Waals surface area contributed by atoms with Gasteiger partial charge in [-0.2, -0.15) is 0 Å². The third-order valence-corrected chi connectivity index (χ3v) is 4.38. The minimum atomic E-state index is -0.888. The number of hydrogen-bond acceptors (Lipinski definition) is 3. The van der Waals surface area contributed by atoms with Crippen LogP contribution in [0.5, 0.6) is 5.75 Å². The van der Waals surface area contributed by atoms with Gasteiger partial charge in [-0.25, -0.2) is 4.79 Å². The Morgan fingerprint density at radius 1 is 1.41 bits per heavy atom. The number of ether oxygens (including phenoxy) is 1. The first-order valence-electron chi connectivity index (χ1n) is 5.78. The largest absolute Gasteiger partial charge is 0.496 e. The summed E-state index contributed by atoms with van der Waals surface area (Å²) >= 11 is 1.75. The molecule has 3 nitrogen and oxygen atoms in total. The highest BCUT2D eigenvalue weighted by molar-refractivity contribution is 8.00. The van der Waals surface area contributed by atoms with Crippen molar-refractivity contribution >= 4 is 17.7 Å². The van der Waals surface area contributed by atoms with Crippen LogP contribution in [0.4, 0.5) is 0 Å². The molecule has 1 aliphatic rings. The lowest BCUT2D eigenvalue weighted by Gasteiger charge is -2.13. The Bertz CT molecular complexity index is 411. The molecule has 17 heavy (non-hydrogen) atoms. The molecule has 1 aromatic carbocycles. The fraction of sp³-hybridized carbons (Fsp3) is 0.462. The second kappa shape index (κ2) is 5.45. The second-order valence-electron chi connectivity index (χ2n) is 4.20. The zero-order valence-corrected chi connectivity index (χ0v) is 10.6. The summed E-state index contributed by atoms with van der Waals surface area (Å²) in [5.41, 5.74) is 0.325. The van der Waals surface area contributed by atoms with E-state index < -0.39 is 5.97 Å². The van der Waals surface area contributed by atoms with Gasteiger partial charge in [-0.05, 0) is 31.0 Å². The topological polar surface area (TPSA) is 46.5 Å². The lowest BCUT2D eigenvalue weighted by molar-refractivity contribution is 0.0696. The van der Waals surface area contributed by atoms with E-state index in [-0.39, 0.29) is 0 Å². The SMILES string of the molecule is COc1ccc(C(=O)O)cc1SC1CCCC1. The fourth-order valence-electron chi connectivity index (χ4n) is 2.09. The number of benzene rings is 1. The van der Waals surface area contributed by atoms with Crippen LogP contribution >= 0.6 is 11.8 Å². The Balaban J connectivity index is 2.21. The summed E-state index contributed by atoms with van der Waals surface area (Å²) in [5.74, 6) is -0.118. The van der Waals surface area contributed by atoms with Gasteiger partial charge in [0.25, 0.3) is 0 Å². The Morgan fingerprint density at radius 2 is 2.12 bits per heavy atom. The number of methoxy groups -OCH3 is 1. The van der Waals surface area contributed by atoms with Crippen molar-refractivity contribution in [1.82, 2.24) is 0 Å². The van der Waals surface area contributed by atoms with E-state index in [1.54, 1.807) is 37.1 Å². The van der Waals surface area contributed by atoms with Crippen molar-refractivity contribution in [2.45, 2.75) is 35.8 Å². The summed E-state index contributed by atoms with van der Waals surface area (Å²) in [6.07, 6.45) is 4.98. The van der Waals surface area contributed by atoms with Gasteiger partial charge in [0.2, 0.25) is 0 Å². The molecule has 1 fully saturated rings. The van der Waals surface area contributed by atoms with Gasteiger partial charge in [-0.3, -0.25) is 0 Å². The smallest absolute Gasteiger partial charge is 0.335 e. The van der Waals surface area contributed by atoms with Crippen LogP contribution < -0.4 is 4.74 Å². The van der Waals surface area contributed by atoms with Crippen LogP contribution in [0.2, 0.25) is 0 Å². The molecule has 1 aliphatic carbocycles. The minimum Gasteiger partial charge on any atom is -0.496 e. The molecule has 92 valence electrons. The van der Waals surface area contributed by atoms with Gasteiger partial charge in [-0.1, -0.05) is 12.8 Å². The molecule has 1 saturated carbocycles. The van der Waals surface area contributed by atoms with Crippen LogP contribution in [-0.4, -0.2) is 23.4 Å². The number of thioether (sulfide) groups is 1. The van der Waals surface area contributed by atoms with Gasteiger partial charge < -0.3 is 9.84 Å². The maximum atomic E-state index is 10.9. The van der Waals surface area contributed by atoms with Crippen LogP contribution in [-0.2, 0) is 0 Å². The number of carbonyl (C=O) groups is 1. The van der Waals surface area contributed by atoms with Gasteiger partial charge in [0.1, 0.15) is 5.75 Å². The van der Waals surface area contributed by atoms with Gasteiger partial charge in [0.05, 0.1) is 17.6 Å². The molecule has 0 amide bonds. The highest BCUT2D eigenvalue weighted by Crippen LogP contribution is 2.39. The van der Waals surface area contributed by atoms with Crippen molar-refractivity contribution in [3.63, 3.8) is 0 Å². The lowest BCUT2D eigenvalue weighted by atomic mass is 10.2. The molecule has 0 bridgehead atoms. The van der Waals surface area contributed by atoms with Crippen LogP contribution in [0.3, 0.4) is 0 Å². The summed E-state index contributed by atoms with van der Waals surface area (Å²) in [4.78, 5) is 11.9. The zero-order chi connectivity index (χ0) is 12.3. The maximum absolute atomic E-state index is 10.9. The van der Waals surface area contributed by atoms with E-state index in [9.17, 15) is 4.79 Å². The Kier molecular flexibility index (Phi) is 3.94. The van der Waals surface area contributed by atoms with Crippen molar-refractivity contribution in [3.8, 4) is 5.75 Å². The Hall–Kier alpha value is -1.16. The molecule has 0 saturated heterocycles. The van der Waals surface area contributed by atoms with E-state index in [1.807, 2.05) is 0 Å². The van der Waals surface area contributed by atoms with E-state index in [0.29, 0.717) is 10.8 Å². The maximum Gasteiger partial charge on any atom is 0.335 e. The molecule has 0 radical (unpaired) electrons. The molecule has 0 unspecified atom stereocenters. The summed E-state index contributed by atoms with van der Waals surface area (Å²) in [6, 6.07) is 5.03. The minimum absolute atomic E-state index is 0.325. The molecule has 0 spiro atoms. The highest BCUT2D eigenvalue weighted by atomic mass is 32.2. The highest BCUT2D eigenvalue weighted by Gasteiger charge is 2.19. The number of carboxylic acid groups (broad SMARTS) is 1. The predicted molar refractivity (Wildman–Crippen MR) is 68.1 cm³/mol. The molecular formula is C13H16O3S. The molecule has 0 aromatic heterocycles. The summed E-state index contributed by atoms with van der Waals surface area (Å²) in [7, 11) is 1.62. The fourth-order valence-corrected chi connectivity index (χ4v) is 3.48. The van der Waals surface area contributed by atoms with Crippen molar-refractivity contribution in [2.24, 2.45) is 0 Å². The van der Waals surface area contributed by atoms with Crippen LogP contribution in [0.25, 0.3) is 0 Å². The summed E-state index contributed by atoms with van der Waals surface area (Å²) in [6.45, 7) is 0. The first kappa shape index (κ1) is 12.3. The third-order valence-electron chi connectivity index (χ3n) is 3.01. The van der Waals surface area contributed by atoms with Crippen LogP contribution in [0.15, 0.2) is 23.1 Å². The first-order valence-corrected chi connectivity index (χ1v) is 6.66. The molecule has 1 aromatic rings. The summed E-state index contributed by atoms with van der Waals surface area (Å²) in [5, 5.41) is 9.59. The van der Waals surface area contributed by atoms with Gasteiger partial charge >= 0.3 is 5.97 Å². The third kappa shape index (κ3) is 2.94. The standard InChI is InChI=1S/C13H16O3S/c1-16-11-7-6-9(13(14)15)8-12(11)17-10-4-2-3-5-10/h6-8,10H,2-5H2,1H3,(H,14,15). The first-order chi connectivity index (χ1) is 8.20. The van der Waals surface area contributed by atoms with E-state index in [1.165, 1.54) is 25.7 Å². The average molecular weight is 252 g/mol.